The van der Waals surface area contributed by atoms with Gasteiger partial charge in [0.05, 0.1) is 0 Å². The molecular formula is C15H22N2OS. The summed E-state index contributed by atoms with van der Waals surface area (Å²) in [6.07, 6.45) is 6.78. The summed E-state index contributed by atoms with van der Waals surface area (Å²) in [5.41, 5.74) is 8.13. The molecule has 2 rings (SSSR count). The Morgan fingerprint density at radius 3 is 2.84 bits per heavy atom. The molecule has 1 fully saturated rings. The van der Waals surface area contributed by atoms with Crippen molar-refractivity contribution in [2.75, 3.05) is 12.0 Å². The van der Waals surface area contributed by atoms with Gasteiger partial charge in [-0.05, 0) is 56.2 Å². The third-order valence-corrected chi connectivity index (χ3v) is 4.75. The topological polar surface area (TPSA) is 55.1 Å². The van der Waals surface area contributed by atoms with Crippen LogP contribution in [0.4, 0.5) is 5.69 Å². The average Bonchev–Trinajstić information content (AvgIpc) is 2.37. The van der Waals surface area contributed by atoms with Gasteiger partial charge in [0.15, 0.2) is 0 Å². The summed E-state index contributed by atoms with van der Waals surface area (Å²) in [4.78, 5) is 12.2. The van der Waals surface area contributed by atoms with E-state index < -0.39 is 0 Å². The summed E-state index contributed by atoms with van der Waals surface area (Å²) < 4.78 is 0. The molecule has 0 bridgehead atoms. The first kappa shape index (κ1) is 14.3. The minimum atomic E-state index is 0.00199. The number of hydrogen-bond donors (Lipinski definition) is 2. The van der Waals surface area contributed by atoms with E-state index in [0.717, 1.165) is 18.4 Å². The summed E-state index contributed by atoms with van der Waals surface area (Å²) in [5, 5.41) is 3.83. The molecular weight excluding hydrogens is 256 g/mol. The van der Waals surface area contributed by atoms with Gasteiger partial charge in [0.25, 0.3) is 5.91 Å². The van der Waals surface area contributed by atoms with Crippen LogP contribution in [0, 0.1) is 6.92 Å². The minimum Gasteiger partial charge on any atom is -0.399 e. The van der Waals surface area contributed by atoms with Gasteiger partial charge in [-0.15, -0.1) is 0 Å². The first-order valence-corrected chi connectivity index (χ1v) is 8.08. The van der Waals surface area contributed by atoms with E-state index in [-0.39, 0.29) is 5.91 Å². The summed E-state index contributed by atoms with van der Waals surface area (Å²) in [6.45, 7) is 1.96. The highest BCUT2D eigenvalue weighted by Crippen LogP contribution is 2.27. The van der Waals surface area contributed by atoms with Crippen molar-refractivity contribution >= 4 is 23.4 Å². The number of nitrogens with one attached hydrogen (secondary N) is 1. The molecule has 0 heterocycles. The van der Waals surface area contributed by atoms with Gasteiger partial charge in [0.1, 0.15) is 0 Å². The summed E-state index contributed by atoms with van der Waals surface area (Å²) in [7, 11) is 0. The standard InChI is InChI=1S/C15H22N2OS/c1-10-6-11(8-12(16)7-10)15(18)17-13-4-3-5-14(9-13)19-2/h6-8,13-14H,3-5,9,16H2,1-2H3,(H,17,18). The molecule has 4 heteroatoms. The Hall–Kier alpha value is -1.16. The highest BCUT2D eigenvalue weighted by molar-refractivity contribution is 7.99. The van der Waals surface area contributed by atoms with Crippen LogP contribution in [0.2, 0.25) is 0 Å². The largest absolute Gasteiger partial charge is 0.399 e. The van der Waals surface area contributed by atoms with E-state index in [4.69, 9.17) is 5.73 Å². The van der Waals surface area contributed by atoms with Crippen molar-refractivity contribution in [1.29, 1.82) is 0 Å². The van der Waals surface area contributed by atoms with Crippen molar-refractivity contribution in [1.82, 2.24) is 5.32 Å². The lowest BCUT2D eigenvalue weighted by atomic mass is 9.94. The Bertz CT molecular complexity index is 441. The van der Waals surface area contributed by atoms with E-state index in [1.165, 1.54) is 12.8 Å². The molecule has 0 saturated heterocycles. The monoisotopic (exact) mass is 278 g/mol. The normalized spacial score (nSPS) is 23.1. The number of thioether (sulfide) groups is 1. The van der Waals surface area contributed by atoms with E-state index in [2.05, 4.69) is 11.6 Å². The van der Waals surface area contributed by atoms with E-state index in [9.17, 15) is 4.79 Å². The van der Waals surface area contributed by atoms with Crippen molar-refractivity contribution in [2.45, 2.75) is 43.9 Å². The number of hydrogen-bond acceptors (Lipinski definition) is 3. The maximum atomic E-state index is 12.2. The number of nitrogen functional groups attached to an aromatic ring is 1. The molecule has 0 aliphatic heterocycles. The fraction of sp³-hybridized carbons (Fsp3) is 0.533. The van der Waals surface area contributed by atoms with Crippen molar-refractivity contribution < 1.29 is 4.79 Å². The van der Waals surface area contributed by atoms with Gasteiger partial charge < -0.3 is 11.1 Å². The molecule has 1 aromatic carbocycles. The number of carbonyl (C=O) groups excluding carboxylic acids is 1. The van der Waals surface area contributed by atoms with Crippen LogP contribution in [-0.2, 0) is 0 Å². The number of amides is 1. The highest BCUT2D eigenvalue weighted by Gasteiger charge is 2.23. The van der Waals surface area contributed by atoms with Crippen LogP contribution in [0.3, 0.4) is 0 Å². The summed E-state index contributed by atoms with van der Waals surface area (Å²) in [6, 6.07) is 5.82. The maximum absolute atomic E-state index is 12.2. The van der Waals surface area contributed by atoms with E-state index in [0.29, 0.717) is 22.5 Å². The molecule has 2 unspecified atom stereocenters. The van der Waals surface area contributed by atoms with Gasteiger partial charge >= 0.3 is 0 Å². The lowest BCUT2D eigenvalue weighted by Gasteiger charge is -2.28. The fourth-order valence-electron chi connectivity index (χ4n) is 2.70. The first-order valence-electron chi connectivity index (χ1n) is 6.79. The van der Waals surface area contributed by atoms with Gasteiger partial charge in [-0.25, -0.2) is 0 Å². The van der Waals surface area contributed by atoms with Crippen molar-refractivity contribution in [3.8, 4) is 0 Å². The predicted molar refractivity (Wildman–Crippen MR) is 82.6 cm³/mol. The molecule has 1 aliphatic rings. The second kappa shape index (κ2) is 6.33. The van der Waals surface area contributed by atoms with Gasteiger partial charge in [-0.1, -0.05) is 6.42 Å². The van der Waals surface area contributed by atoms with Gasteiger partial charge in [0.2, 0.25) is 0 Å². The average molecular weight is 278 g/mol. The molecule has 3 nitrogen and oxygen atoms in total. The number of nitrogens with two attached hydrogens (primary N) is 1. The third kappa shape index (κ3) is 3.90. The SMILES string of the molecule is CSC1CCCC(NC(=O)c2cc(C)cc(N)c2)C1. The third-order valence-electron chi connectivity index (χ3n) is 3.66. The molecule has 1 saturated carbocycles. The Morgan fingerprint density at radius 1 is 1.37 bits per heavy atom. The van der Waals surface area contributed by atoms with Crippen LogP contribution in [0.5, 0.6) is 0 Å². The number of anilines is 1. The Kier molecular flexibility index (Phi) is 4.75. The van der Waals surface area contributed by atoms with Crippen LogP contribution in [-0.4, -0.2) is 23.5 Å². The van der Waals surface area contributed by atoms with Gasteiger partial charge in [0, 0.05) is 22.5 Å². The first-order chi connectivity index (χ1) is 9.08. The number of carbonyl (C=O) groups is 1. The Morgan fingerprint density at radius 2 is 2.16 bits per heavy atom. The van der Waals surface area contributed by atoms with Gasteiger partial charge in [-0.3, -0.25) is 4.79 Å². The van der Waals surface area contributed by atoms with E-state index in [1.54, 1.807) is 6.07 Å². The molecule has 3 N–H and O–H groups in total. The molecule has 0 radical (unpaired) electrons. The molecule has 0 aromatic heterocycles. The second-order valence-electron chi connectivity index (χ2n) is 5.33. The van der Waals surface area contributed by atoms with Crippen molar-refractivity contribution in [3.63, 3.8) is 0 Å². The number of benzene rings is 1. The quantitative estimate of drug-likeness (QED) is 0.836. The molecule has 19 heavy (non-hydrogen) atoms. The summed E-state index contributed by atoms with van der Waals surface area (Å²) in [5.74, 6) is 0.00199. The lowest BCUT2D eigenvalue weighted by Crippen LogP contribution is -2.39. The van der Waals surface area contributed by atoms with Gasteiger partial charge in [-0.2, -0.15) is 11.8 Å². The Labute approximate surface area is 119 Å². The molecule has 1 aliphatic carbocycles. The minimum absolute atomic E-state index is 0.00199. The molecule has 1 aromatic rings. The van der Waals surface area contributed by atoms with Crippen LogP contribution in [0.1, 0.15) is 41.6 Å². The van der Waals surface area contributed by atoms with Crippen LogP contribution in [0.25, 0.3) is 0 Å². The van der Waals surface area contributed by atoms with Crippen molar-refractivity contribution in [3.05, 3.63) is 29.3 Å². The lowest BCUT2D eigenvalue weighted by molar-refractivity contribution is 0.0928. The zero-order valence-corrected chi connectivity index (χ0v) is 12.4. The number of aryl methyl sites for hydroxylation is 1. The number of rotatable bonds is 3. The van der Waals surface area contributed by atoms with Crippen LogP contribution in [0.15, 0.2) is 18.2 Å². The molecule has 104 valence electrons. The van der Waals surface area contributed by atoms with Crippen LogP contribution >= 0.6 is 11.8 Å². The highest BCUT2D eigenvalue weighted by atomic mass is 32.2. The zero-order valence-electron chi connectivity index (χ0n) is 11.6. The fourth-order valence-corrected chi connectivity index (χ4v) is 3.53. The van der Waals surface area contributed by atoms with E-state index in [1.807, 2.05) is 30.8 Å². The van der Waals surface area contributed by atoms with Crippen LogP contribution < -0.4 is 11.1 Å². The van der Waals surface area contributed by atoms with Crippen molar-refractivity contribution in [2.24, 2.45) is 0 Å². The Balaban J connectivity index is 2.00. The second-order valence-corrected chi connectivity index (χ2v) is 6.47. The zero-order chi connectivity index (χ0) is 13.8. The molecule has 2 atom stereocenters. The molecule has 0 spiro atoms. The molecule has 1 amide bonds. The van der Waals surface area contributed by atoms with E-state index >= 15 is 0 Å². The predicted octanol–water partition coefficient (Wildman–Crippen LogP) is 2.98. The smallest absolute Gasteiger partial charge is 0.251 e. The maximum Gasteiger partial charge on any atom is 0.251 e. The summed E-state index contributed by atoms with van der Waals surface area (Å²) >= 11 is 1.91.